The Morgan fingerprint density at radius 1 is 0.933 bits per heavy atom. The van der Waals surface area contributed by atoms with E-state index in [9.17, 15) is 34.3 Å². The third kappa shape index (κ3) is 6.36. The maximum atomic E-state index is 13.9. The highest BCUT2D eigenvalue weighted by atomic mass is 16.5. The van der Waals surface area contributed by atoms with Crippen LogP contribution in [0.1, 0.15) is 61.9 Å². The average molecular weight is 611 g/mol. The summed E-state index contributed by atoms with van der Waals surface area (Å²) < 4.78 is 10.5. The Kier molecular flexibility index (Phi) is 8.47. The fraction of sp³-hybridized carbons (Fsp3) is 0.290. The van der Waals surface area contributed by atoms with Crippen LogP contribution in [0.25, 0.3) is 0 Å². The number of carbonyl (C=O) groups is 4. The highest BCUT2D eigenvalue weighted by Crippen LogP contribution is 2.25. The van der Waals surface area contributed by atoms with Gasteiger partial charge in [0.05, 0.1) is 25.7 Å². The molecule has 0 saturated carbocycles. The van der Waals surface area contributed by atoms with Gasteiger partial charge in [-0.3, -0.25) is 19.2 Å². The molecular weight excluding hydrogens is 580 g/mol. The van der Waals surface area contributed by atoms with Crippen LogP contribution >= 0.6 is 0 Å². The van der Waals surface area contributed by atoms with Crippen LogP contribution in [0.4, 0.5) is 0 Å². The first-order valence-corrected chi connectivity index (χ1v) is 14.6. The van der Waals surface area contributed by atoms with Crippen molar-refractivity contribution in [3.8, 4) is 0 Å². The van der Waals surface area contributed by atoms with Crippen molar-refractivity contribution >= 4 is 48.9 Å². The van der Waals surface area contributed by atoms with Gasteiger partial charge >= 0.3 is 20.2 Å². The Balaban J connectivity index is 1.26. The minimum absolute atomic E-state index is 0.00349. The topological polar surface area (TPSA) is 175 Å². The van der Waals surface area contributed by atoms with Crippen LogP contribution < -0.4 is 21.6 Å². The number of likely N-dealkylation sites (tertiary alicyclic amines) is 1. The minimum Gasteiger partial charge on any atom is -0.481 e. The largest absolute Gasteiger partial charge is 0.491 e. The molecule has 0 spiro atoms. The monoisotopic (exact) mass is 611 g/mol. The van der Waals surface area contributed by atoms with Crippen LogP contribution in [0, 0.1) is 6.92 Å². The number of hydrogen-bond donors (Lipinski definition) is 5. The predicted octanol–water partition coefficient (Wildman–Crippen LogP) is -0.224. The molecule has 3 aromatic carbocycles. The predicted molar refractivity (Wildman–Crippen MR) is 163 cm³/mol. The molecule has 3 aliphatic heterocycles. The summed E-state index contributed by atoms with van der Waals surface area (Å²) in [6.45, 7) is 2.32. The summed E-state index contributed by atoms with van der Waals surface area (Å²) in [5, 5.41) is 35.6. The van der Waals surface area contributed by atoms with E-state index < -0.39 is 56.1 Å². The lowest BCUT2D eigenvalue weighted by atomic mass is 9.78. The van der Waals surface area contributed by atoms with E-state index in [2.05, 4.69) is 10.6 Å². The van der Waals surface area contributed by atoms with Crippen molar-refractivity contribution in [2.24, 2.45) is 0 Å². The average Bonchev–Trinajstić information content (AvgIpc) is 3.72. The van der Waals surface area contributed by atoms with Crippen LogP contribution in [0.3, 0.4) is 0 Å². The van der Waals surface area contributed by atoms with Crippen molar-refractivity contribution in [2.45, 2.75) is 51.1 Å². The minimum atomic E-state index is -1.17. The normalized spacial score (nSPS) is 19.2. The smallest absolute Gasteiger partial charge is 0.481 e. The molecule has 5 N–H and O–H groups in total. The molecule has 230 valence electrons. The molecule has 1 fully saturated rings. The number of amides is 3. The van der Waals surface area contributed by atoms with E-state index in [1.807, 2.05) is 13.0 Å². The summed E-state index contributed by atoms with van der Waals surface area (Å²) in [6, 6.07) is 14.4. The zero-order chi connectivity index (χ0) is 31.8. The molecule has 3 heterocycles. The molecule has 12 nitrogen and oxygen atoms in total. The lowest BCUT2D eigenvalue weighted by Gasteiger charge is -2.26. The van der Waals surface area contributed by atoms with Crippen LogP contribution in [-0.2, 0) is 32.1 Å². The molecular formula is C31H31B2N3O9. The molecule has 0 aromatic heterocycles. The van der Waals surface area contributed by atoms with Crippen molar-refractivity contribution in [3.63, 3.8) is 0 Å². The summed E-state index contributed by atoms with van der Waals surface area (Å²) in [4.78, 5) is 54.1. The van der Waals surface area contributed by atoms with Gasteiger partial charge in [0.2, 0.25) is 5.91 Å². The highest BCUT2D eigenvalue weighted by Gasteiger charge is 2.42. The Hall–Kier alpha value is -4.49. The van der Waals surface area contributed by atoms with Gasteiger partial charge < -0.3 is 40.0 Å². The van der Waals surface area contributed by atoms with E-state index in [1.54, 1.807) is 48.5 Å². The van der Waals surface area contributed by atoms with Crippen LogP contribution in [-0.4, -0.2) is 76.6 Å². The summed E-state index contributed by atoms with van der Waals surface area (Å²) in [6.07, 6.45) is -0.295. The molecule has 3 atom stereocenters. The van der Waals surface area contributed by atoms with Gasteiger partial charge in [-0.25, -0.2) is 0 Å². The van der Waals surface area contributed by atoms with Crippen molar-refractivity contribution < 1.29 is 43.6 Å². The van der Waals surface area contributed by atoms with Gasteiger partial charge in [-0.2, -0.15) is 0 Å². The standard InChI is InChI=1S/C31H31B2N3O9/c1-17-3-2-4-18(9-17)26(13-28(37)38)35-30(40)27-12-23(34-29(39)19-5-7-21-15-44-32(42)24(21)10-19)14-36(27)31(41)20-6-8-22-16-45-33(43)25(22)11-20/h2-11,23,26-27,42-43H,12-16H2,1H3,(H,34,39)(H,35,40)(H,37,38)/t23-,26+,27+/m1/s1. The summed E-state index contributed by atoms with van der Waals surface area (Å²) in [5.74, 6) is -2.60. The van der Waals surface area contributed by atoms with Gasteiger partial charge in [0.25, 0.3) is 11.8 Å². The SMILES string of the molecule is Cc1cccc([C@H](CC(=O)O)NC(=O)[C@@H]2C[C@@H](NC(=O)c3ccc4c(c3)B(O)OC4)CN2C(=O)c2ccc3c(c2)B(O)OC3)c1. The highest BCUT2D eigenvalue weighted by molar-refractivity contribution is 6.62. The third-order valence-electron chi connectivity index (χ3n) is 8.47. The van der Waals surface area contributed by atoms with E-state index in [0.29, 0.717) is 16.5 Å². The second-order valence-corrected chi connectivity index (χ2v) is 11.6. The van der Waals surface area contributed by atoms with E-state index in [1.165, 1.54) is 11.0 Å². The molecule has 3 aliphatic rings. The zero-order valence-corrected chi connectivity index (χ0v) is 24.4. The molecule has 3 amide bonds. The second-order valence-electron chi connectivity index (χ2n) is 11.6. The quantitative estimate of drug-likeness (QED) is 0.216. The number of carboxylic acids is 1. The summed E-state index contributed by atoms with van der Waals surface area (Å²) >= 11 is 0. The van der Waals surface area contributed by atoms with Crippen molar-refractivity contribution in [3.05, 3.63) is 94.0 Å². The summed E-state index contributed by atoms with van der Waals surface area (Å²) in [5.41, 5.74) is 4.53. The number of aliphatic carboxylic acids is 1. The van der Waals surface area contributed by atoms with E-state index in [-0.39, 0.29) is 43.7 Å². The summed E-state index contributed by atoms with van der Waals surface area (Å²) in [7, 11) is -2.29. The molecule has 6 rings (SSSR count). The van der Waals surface area contributed by atoms with Crippen molar-refractivity contribution in [1.29, 1.82) is 0 Å². The number of rotatable bonds is 8. The fourth-order valence-corrected chi connectivity index (χ4v) is 6.13. The molecule has 0 radical (unpaired) electrons. The first-order valence-electron chi connectivity index (χ1n) is 14.6. The molecule has 0 unspecified atom stereocenters. The Bertz CT molecular complexity index is 1690. The van der Waals surface area contributed by atoms with Crippen molar-refractivity contribution in [2.75, 3.05) is 6.54 Å². The van der Waals surface area contributed by atoms with Crippen LogP contribution in [0.2, 0.25) is 0 Å². The molecule has 45 heavy (non-hydrogen) atoms. The number of benzene rings is 3. The molecule has 0 bridgehead atoms. The van der Waals surface area contributed by atoms with Crippen LogP contribution in [0.5, 0.6) is 0 Å². The maximum absolute atomic E-state index is 13.9. The molecule has 1 saturated heterocycles. The second kappa shape index (κ2) is 12.5. The first kappa shape index (κ1) is 30.5. The van der Waals surface area contributed by atoms with Gasteiger partial charge in [0.15, 0.2) is 0 Å². The number of nitrogens with one attached hydrogen (secondary N) is 2. The number of nitrogens with zero attached hydrogens (tertiary/aromatic N) is 1. The molecule has 14 heteroatoms. The molecule has 3 aromatic rings. The number of carboxylic acid groups (broad SMARTS) is 1. The van der Waals surface area contributed by atoms with Gasteiger partial charge in [0, 0.05) is 23.7 Å². The number of aryl methyl sites for hydroxylation is 1. The number of carbonyl (C=O) groups excluding carboxylic acids is 3. The van der Waals surface area contributed by atoms with Crippen molar-refractivity contribution in [1.82, 2.24) is 15.5 Å². The van der Waals surface area contributed by atoms with Gasteiger partial charge in [-0.15, -0.1) is 0 Å². The Labute approximate surface area is 259 Å². The molecule has 0 aliphatic carbocycles. The van der Waals surface area contributed by atoms with Crippen LogP contribution in [0.15, 0.2) is 60.7 Å². The first-order chi connectivity index (χ1) is 21.6. The Morgan fingerprint density at radius 2 is 1.58 bits per heavy atom. The number of fused-ring (bicyclic) bond motifs is 2. The van der Waals surface area contributed by atoms with E-state index in [4.69, 9.17) is 9.31 Å². The lowest BCUT2D eigenvalue weighted by molar-refractivity contribution is -0.138. The lowest BCUT2D eigenvalue weighted by Crippen LogP contribution is -2.47. The third-order valence-corrected chi connectivity index (χ3v) is 8.47. The fourth-order valence-electron chi connectivity index (χ4n) is 6.13. The maximum Gasteiger partial charge on any atom is 0.491 e. The zero-order valence-electron chi connectivity index (χ0n) is 24.4. The van der Waals surface area contributed by atoms with E-state index >= 15 is 0 Å². The van der Waals surface area contributed by atoms with Gasteiger partial charge in [0.1, 0.15) is 6.04 Å². The van der Waals surface area contributed by atoms with Gasteiger partial charge in [-0.05, 0) is 65.2 Å². The van der Waals surface area contributed by atoms with Gasteiger partial charge in [-0.1, -0.05) is 42.0 Å². The Morgan fingerprint density at radius 3 is 2.22 bits per heavy atom. The van der Waals surface area contributed by atoms with E-state index in [0.717, 1.165) is 16.7 Å². The number of hydrogen-bond acceptors (Lipinski definition) is 8.